The molecule has 4 heteroatoms. The molecule has 0 amide bonds. The largest absolute Gasteiger partial charge is 0.301 e. The fourth-order valence-corrected chi connectivity index (χ4v) is 3.00. The van der Waals surface area contributed by atoms with Gasteiger partial charge in [0.15, 0.2) is 5.78 Å². The molecule has 2 rings (SSSR count). The normalized spacial score (nSPS) is 22.7. The van der Waals surface area contributed by atoms with E-state index in [0.717, 1.165) is 26.1 Å². The zero-order chi connectivity index (χ0) is 14.7. The van der Waals surface area contributed by atoms with Gasteiger partial charge in [-0.1, -0.05) is 30.7 Å². The van der Waals surface area contributed by atoms with Gasteiger partial charge in [0.2, 0.25) is 0 Å². The number of likely N-dealkylation sites (N-methyl/N-ethyl adjacent to an activating group) is 1. The maximum atomic E-state index is 12.6. The Kier molecular flexibility index (Phi) is 5.19. The van der Waals surface area contributed by atoms with Crippen LogP contribution in [0.4, 0.5) is 0 Å². The van der Waals surface area contributed by atoms with Crippen LogP contribution in [0.3, 0.4) is 0 Å². The quantitative estimate of drug-likeness (QED) is 0.798. The predicted molar refractivity (Wildman–Crippen MR) is 83.5 cm³/mol. The molecule has 1 heterocycles. The molecule has 1 aliphatic heterocycles. The summed E-state index contributed by atoms with van der Waals surface area (Å²) in [4.78, 5) is 17.2. The zero-order valence-corrected chi connectivity index (χ0v) is 13.2. The van der Waals surface area contributed by atoms with Crippen molar-refractivity contribution < 1.29 is 4.79 Å². The molecule has 2 atom stereocenters. The van der Waals surface area contributed by atoms with E-state index in [4.69, 9.17) is 11.6 Å². The van der Waals surface area contributed by atoms with E-state index in [2.05, 4.69) is 23.8 Å². The minimum atomic E-state index is -0.0868. The first kappa shape index (κ1) is 15.5. The molecular weight excluding hydrogens is 272 g/mol. The molecule has 1 fully saturated rings. The van der Waals surface area contributed by atoms with Crippen LogP contribution in [0.1, 0.15) is 30.6 Å². The van der Waals surface area contributed by atoms with Gasteiger partial charge in [0.05, 0.1) is 6.04 Å². The Morgan fingerprint density at radius 1 is 1.45 bits per heavy atom. The van der Waals surface area contributed by atoms with Crippen LogP contribution in [0, 0.1) is 0 Å². The first-order valence-electron chi connectivity index (χ1n) is 7.27. The van der Waals surface area contributed by atoms with Crippen LogP contribution in [0.5, 0.6) is 0 Å². The summed E-state index contributed by atoms with van der Waals surface area (Å²) in [5.74, 6) is 0.159. The van der Waals surface area contributed by atoms with E-state index >= 15 is 0 Å². The third-order valence-electron chi connectivity index (χ3n) is 4.32. The molecule has 0 aliphatic carbocycles. The minimum Gasteiger partial charge on any atom is -0.301 e. The molecule has 0 N–H and O–H groups in total. The summed E-state index contributed by atoms with van der Waals surface area (Å²) in [5.41, 5.74) is 0.706. The Balaban J connectivity index is 2.07. The molecule has 1 aliphatic rings. The fourth-order valence-electron chi connectivity index (χ4n) is 2.81. The van der Waals surface area contributed by atoms with Gasteiger partial charge in [-0.25, -0.2) is 0 Å². The van der Waals surface area contributed by atoms with Crippen LogP contribution in [-0.4, -0.2) is 54.3 Å². The van der Waals surface area contributed by atoms with Crippen molar-refractivity contribution >= 4 is 17.4 Å². The molecular formula is C16H23ClN2O. The Bertz CT molecular complexity index is 477. The fraction of sp³-hybridized carbons (Fsp3) is 0.562. The van der Waals surface area contributed by atoms with Gasteiger partial charge in [0.1, 0.15) is 0 Å². The van der Waals surface area contributed by atoms with Gasteiger partial charge in [0.25, 0.3) is 0 Å². The van der Waals surface area contributed by atoms with Crippen molar-refractivity contribution in [2.24, 2.45) is 0 Å². The molecule has 3 nitrogen and oxygen atoms in total. The number of hydrogen-bond donors (Lipinski definition) is 0. The number of Topliss-reactive ketones (excluding diaryl/α,β-unsaturated/α-hetero) is 1. The van der Waals surface area contributed by atoms with Crippen molar-refractivity contribution in [2.75, 3.05) is 26.7 Å². The van der Waals surface area contributed by atoms with Crippen molar-refractivity contribution in [2.45, 2.75) is 32.4 Å². The molecule has 1 aromatic rings. The van der Waals surface area contributed by atoms with Crippen LogP contribution in [-0.2, 0) is 0 Å². The van der Waals surface area contributed by atoms with E-state index in [1.165, 1.54) is 0 Å². The predicted octanol–water partition coefficient (Wildman–Crippen LogP) is 2.94. The highest BCUT2D eigenvalue weighted by Crippen LogP contribution is 2.18. The lowest BCUT2D eigenvalue weighted by atomic mass is 10.0. The Morgan fingerprint density at radius 3 is 2.85 bits per heavy atom. The summed E-state index contributed by atoms with van der Waals surface area (Å²) < 4.78 is 0. The molecule has 2 unspecified atom stereocenters. The third-order valence-corrected chi connectivity index (χ3v) is 4.55. The Morgan fingerprint density at radius 2 is 2.20 bits per heavy atom. The van der Waals surface area contributed by atoms with Crippen LogP contribution in [0.25, 0.3) is 0 Å². The van der Waals surface area contributed by atoms with Gasteiger partial charge in [0, 0.05) is 36.3 Å². The Hall–Kier alpha value is -0.900. The van der Waals surface area contributed by atoms with Gasteiger partial charge in [-0.05, 0) is 32.5 Å². The molecule has 1 aromatic carbocycles. The first-order chi connectivity index (χ1) is 9.52. The van der Waals surface area contributed by atoms with E-state index < -0.39 is 0 Å². The van der Waals surface area contributed by atoms with E-state index in [1.807, 2.05) is 19.1 Å². The molecule has 0 aromatic heterocycles. The lowest BCUT2D eigenvalue weighted by Gasteiger charge is -2.41. The van der Waals surface area contributed by atoms with Gasteiger partial charge in [-0.15, -0.1) is 0 Å². The summed E-state index contributed by atoms with van der Waals surface area (Å²) in [6.07, 6.45) is 1.12. The number of carbonyl (C=O) groups is 1. The lowest BCUT2D eigenvalue weighted by Crippen LogP contribution is -2.55. The van der Waals surface area contributed by atoms with E-state index in [9.17, 15) is 4.79 Å². The van der Waals surface area contributed by atoms with Crippen LogP contribution in [0.15, 0.2) is 24.3 Å². The second kappa shape index (κ2) is 6.70. The van der Waals surface area contributed by atoms with Gasteiger partial charge >= 0.3 is 0 Å². The number of hydrogen-bond acceptors (Lipinski definition) is 3. The summed E-state index contributed by atoms with van der Waals surface area (Å²) in [6.45, 7) is 7.13. The molecule has 1 saturated heterocycles. The first-order valence-corrected chi connectivity index (χ1v) is 7.64. The third kappa shape index (κ3) is 3.40. The SMILES string of the molecule is CCC1CN(C(C)C(=O)c2cccc(Cl)c2)CCN1C. The highest BCUT2D eigenvalue weighted by Gasteiger charge is 2.29. The summed E-state index contributed by atoms with van der Waals surface area (Å²) in [6, 6.07) is 7.69. The number of piperazine rings is 1. The molecule has 20 heavy (non-hydrogen) atoms. The lowest BCUT2D eigenvalue weighted by molar-refractivity contribution is 0.0553. The number of benzene rings is 1. The summed E-state index contributed by atoms with van der Waals surface area (Å²) in [7, 11) is 2.16. The highest BCUT2D eigenvalue weighted by atomic mass is 35.5. The molecule has 0 bridgehead atoms. The van der Waals surface area contributed by atoms with Crippen molar-refractivity contribution in [1.29, 1.82) is 0 Å². The average molecular weight is 295 g/mol. The van der Waals surface area contributed by atoms with E-state index in [-0.39, 0.29) is 11.8 Å². The van der Waals surface area contributed by atoms with E-state index in [1.54, 1.807) is 12.1 Å². The smallest absolute Gasteiger partial charge is 0.179 e. The van der Waals surface area contributed by atoms with Crippen molar-refractivity contribution in [3.8, 4) is 0 Å². The molecule has 0 spiro atoms. The number of rotatable bonds is 4. The summed E-state index contributed by atoms with van der Waals surface area (Å²) >= 11 is 5.97. The molecule has 0 saturated carbocycles. The molecule has 110 valence electrons. The number of carbonyl (C=O) groups excluding carboxylic acids is 1. The topological polar surface area (TPSA) is 23.6 Å². The minimum absolute atomic E-state index is 0.0868. The standard InChI is InChI=1S/C16H23ClN2O/c1-4-15-11-19(9-8-18(15)3)12(2)16(20)13-6-5-7-14(17)10-13/h5-7,10,12,15H,4,8-9,11H2,1-3H3. The van der Waals surface area contributed by atoms with Gasteiger partial charge in [-0.2, -0.15) is 0 Å². The van der Waals surface area contributed by atoms with Crippen LogP contribution >= 0.6 is 11.6 Å². The second-order valence-corrected chi connectivity index (χ2v) is 6.02. The monoisotopic (exact) mass is 294 g/mol. The van der Waals surface area contributed by atoms with Crippen LogP contribution in [0.2, 0.25) is 5.02 Å². The van der Waals surface area contributed by atoms with Gasteiger partial charge < -0.3 is 4.90 Å². The summed E-state index contributed by atoms with van der Waals surface area (Å²) in [5, 5.41) is 0.618. The second-order valence-electron chi connectivity index (χ2n) is 5.59. The van der Waals surface area contributed by atoms with Crippen molar-refractivity contribution in [1.82, 2.24) is 9.80 Å². The van der Waals surface area contributed by atoms with Gasteiger partial charge in [-0.3, -0.25) is 9.69 Å². The maximum Gasteiger partial charge on any atom is 0.179 e. The zero-order valence-electron chi connectivity index (χ0n) is 12.5. The maximum absolute atomic E-state index is 12.6. The van der Waals surface area contributed by atoms with Crippen LogP contribution < -0.4 is 0 Å². The number of halogens is 1. The Labute approximate surface area is 126 Å². The average Bonchev–Trinajstić information content (AvgIpc) is 2.46. The van der Waals surface area contributed by atoms with Crippen molar-refractivity contribution in [3.63, 3.8) is 0 Å². The highest BCUT2D eigenvalue weighted by molar-refractivity contribution is 6.31. The number of ketones is 1. The molecule has 0 radical (unpaired) electrons. The van der Waals surface area contributed by atoms with Crippen molar-refractivity contribution in [3.05, 3.63) is 34.9 Å². The number of nitrogens with zero attached hydrogens (tertiary/aromatic N) is 2. The van der Waals surface area contributed by atoms with E-state index in [0.29, 0.717) is 16.6 Å².